The first kappa shape index (κ1) is 19.5. The van der Waals surface area contributed by atoms with E-state index in [1.807, 2.05) is 6.92 Å². The van der Waals surface area contributed by atoms with Crippen LogP contribution in [0.1, 0.15) is 35.0 Å². The molecule has 0 radical (unpaired) electrons. The minimum Gasteiger partial charge on any atom is -0.505 e. The van der Waals surface area contributed by atoms with Gasteiger partial charge in [0.25, 0.3) is 5.91 Å². The number of benzene rings is 2. The largest absolute Gasteiger partial charge is 0.505 e. The van der Waals surface area contributed by atoms with Gasteiger partial charge in [0.15, 0.2) is 11.6 Å². The fraction of sp³-hybridized carbons (Fsp3) is 0.238. The number of rotatable bonds is 5. The zero-order valence-corrected chi connectivity index (χ0v) is 15.5. The second-order valence-corrected chi connectivity index (χ2v) is 6.43. The number of aromatic nitrogens is 1. The molecule has 3 rings (SSSR count). The van der Waals surface area contributed by atoms with Gasteiger partial charge in [0.1, 0.15) is 5.82 Å². The zero-order valence-electron chi connectivity index (χ0n) is 15.5. The maximum Gasteiger partial charge on any atom is 0.310 e. The number of aromatic hydroxyl groups is 1. The topological polar surface area (TPSA) is 68.5 Å². The molecule has 1 heterocycles. The van der Waals surface area contributed by atoms with Crippen LogP contribution in [0.4, 0.5) is 8.78 Å². The quantitative estimate of drug-likeness (QED) is 0.669. The Bertz CT molecular complexity index is 1070. The van der Waals surface area contributed by atoms with E-state index in [1.54, 1.807) is 6.92 Å². The molecule has 1 N–H and O–H groups in total. The Balaban J connectivity index is 2.17. The van der Waals surface area contributed by atoms with E-state index in [2.05, 4.69) is 0 Å². The van der Waals surface area contributed by atoms with Crippen LogP contribution in [-0.2, 0) is 16.0 Å². The molecule has 0 saturated carbocycles. The summed E-state index contributed by atoms with van der Waals surface area (Å²) in [5.74, 6) is -3.14. The Morgan fingerprint density at radius 3 is 2.61 bits per heavy atom. The lowest BCUT2D eigenvalue weighted by Gasteiger charge is -2.08. The summed E-state index contributed by atoms with van der Waals surface area (Å²) >= 11 is 0. The minimum atomic E-state index is -0.904. The smallest absolute Gasteiger partial charge is 0.310 e. The summed E-state index contributed by atoms with van der Waals surface area (Å²) in [6.45, 7) is 3.73. The Hall–Kier alpha value is -3.22. The minimum absolute atomic E-state index is 0.0774. The van der Waals surface area contributed by atoms with Crippen molar-refractivity contribution in [1.82, 2.24) is 4.57 Å². The van der Waals surface area contributed by atoms with Crippen molar-refractivity contribution in [3.05, 3.63) is 64.9 Å². The molecule has 0 atom stereocenters. The Kier molecular flexibility index (Phi) is 5.44. The Morgan fingerprint density at radius 1 is 1.18 bits per heavy atom. The third-order valence-corrected chi connectivity index (χ3v) is 4.47. The summed E-state index contributed by atoms with van der Waals surface area (Å²) in [6, 6.07) is 7.34. The number of fused-ring (bicyclic) bond motifs is 1. The van der Waals surface area contributed by atoms with Crippen LogP contribution in [0.15, 0.2) is 36.4 Å². The third-order valence-electron chi connectivity index (χ3n) is 4.47. The lowest BCUT2D eigenvalue weighted by molar-refractivity contribution is -0.142. The van der Waals surface area contributed by atoms with Gasteiger partial charge >= 0.3 is 5.97 Å². The van der Waals surface area contributed by atoms with Gasteiger partial charge in [-0.3, -0.25) is 14.2 Å². The number of nitrogens with zero attached hydrogens (tertiary/aromatic N) is 1. The third kappa shape index (κ3) is 3.60. The highest BCUT2D eigenvalue weighted by molar-refractivity contribution is 6.05. The van der Waals surface area contributed by atoms with Gasteiger partial charge in [0.05, 0.1) is 18.5 Å². The molecular formula is C21H19F2NO4. The summed E-state index contributed by atoms with van der Waals surface area (Å²) in [4.78, 5) is 25.1. The molecule has 5 nitrogen and oxygen atoms in total. The van der Waals surface area contributed by atoms with E-state index < -0.39 is 29.3 Å². The first-order chi connectivity index (χ1) is 13.3. The number of ether oxygens (including phenoxy) is 1. The molecule has 0 saturated heterocycles. The van der Waals surface area contributed by atoms with E-state index in [0.29, 0.717) is 23.1 Å². The molecule has 146 valence electrons. The highest BCUT2D eigenvalue weighted by Crippen LogP contribution is 2.32. The van der Waals surface area contributed by atoms with Crippen LogP contribution in [0.2, 0.25) is 0 Å². The van der Waals surface area contributed by atoms with Crippen LogP contribution in [-0.4, -0.2) is 28.2 Å². The van der Waals surface area contributed by atoms with E-state index >= 15 is 0 Å². The van der Waals surface area contributed by atoms with Gasteiger partial charge in [-0.2, -0.15) is 0 Å². The first-order valence-corrected chi connectivity index (χ1v) is 8.81. The molecule has 0 amide bonds. The highest BCUT2D eigenvalue weighted by atomic mass is 19.1. The van der Waals surface area contributed by atoms with Crippen LogP contribution < -0.4 is 0 Å². The van der Waals surface area contributed by atoms with E-state index in [1.165, 1.54) is 28.8 Å². The summed E-state index contributed by atoms with van der Waals surface area (Å²) in [5.41, 5.74) is 1.09. The van der Waals surface area contributed by atoms with Gasteiger partial charge in [-0.1, -0.05) is 13.0 Å². The van der Waals surface area contributed by atoms with E-state index in [4.69, 9.17) is 4.74 Å². The molecule has 2 aromatic carbocycles. The average Bonchev–Trinajstić information content (AvgIpc) is 2.91. The average molecular weight is 387 g/mol. The second kappa shape index (κ2) is 7.80. The van der Waals surface area contributed by atoms with Crippen molar-refractivity contribution in [2.75, 3.05) is 6.61 Å². The van der Waals surface area contributed by atoms with Crippen molar-refractivity contribution in [2.45, 2.75) is 26.7 Å². The summed E-state index contributed by atoms with van der Waals surface area (Å²) in [6.07, 6.45) is 0.521. The number of hydrogen-bond donors (Lipinski definition) is 1. The van der Waals surface area contributed by atoms with E-state index in [9.17, 15) is 23.5 Å². The molecule has 0 bridgehead atoms. The van der Waals surface area contributed by atoms with Crippen LogP contribution in [0, 0.1) is 18.6 Å². The number of phenolic OH excluding ortho intramolecular Hbond substituents is 1. The lowest BCUT2D eigenvalue weighted by Crippen LogP contribution is -2.15. The van der Waals surface area contributed by atoms with Crippen molar-refractivity contribution in [3.63, 3.8) is 0 Å². The summed E-state index contributed by atoms with van der Waals surface area (Å²) in [7, 11) is 0. The normalized spacial score (nSPS) is 11.0. The molecule has 0 unspecified atom stereocenters. The number of halogens is 2. The van der Waals surface area contributed by atoms with Gasteiger partial charge in [0, 0.05) is 22.7 Å². The SMILES string of the molecule is CCCOC(=O)Cc1c(C)n(C(=O)c2cccc(F)c2)c2cc(F)c(O)cc12. The van der Waals surface area contributed by atoms with Gasteiger partial charge in [-0.05, 0) is 43.2 Å². The molecule has 7 heteroatoms. The lowest BCUT2D eigenvalue weighted by atomic mass is 10.1. The first-order valence-electron chi connectivity index (χ1n) is 8.81. The van der Waals surface area contributed by atoms with Gasteiger partial charge in [-0.25, -0.2) is 8.78 Å². The van der Waals surface area contributed by atoms with Gasteiger partial charge in [-0.15, -0.1) is 0 Å². The van der Waals surface area contributed by atoms with Crippen molar-refractivity contribution < 1.29 is 28.2 Å². The van der Waals surface area contributed by atoms with Crippen molar-refractivity contribution in [3.8, 4) is 5.75 Å². The van der Waals surface area contributed by atoms with Gasteiger partial charge < -0.3 is 9.84 Å². The fourth-order valence-corrected chi connectivity index (χ4v) is 3.14. The molecule has 0 aliphatic rings. The molecule has 3 aromatic rings. The molecule has 28 heavy (non-hydrogen) atoms. The molecular weight excluding hydrogens is 368 g/mol. The van der Waals surface area contributed by atoms with Crippen LogP contribution in [0.25, 0.3) is 10.9 Å². The number of carbonyl (C=O) groups excluding carboxylic acids is 2. The van der Waals surface area contributed by atoms with Crippen molar-refractivity contribution in [2.24, 2.45) is 0 Å². The Morgan fingerprint density at radius 2 is 1.93 bits per heavy atom. The van der Waals surface area contributed by atoms with Crippen LogP contribution in [0.5, 0.6) is 5.75 Å². The maximum absolute atomic E-state index is 14.0. The monoisotopic (exact) mass is 387 g/mol. The summed E-state index contributed by atoms with van der Waals surface area (Å²) < 4.78 is 33.9. The molecule has 1 aromatic heterocycles. The number of esters is 1. The van der Waals surface area contributed by atoms with E-state index in [-0.39, 0.29) is 24.1 Å². The number of hydrogen-bond acceptors (Lipinski definition) is 4. The predicted octanol–water partition coefficient (Wildman–Crippen LogP) is 4.12. The van der Waals surface area contributed by atoms with Crippen LogP contribution >= 0.6 is 0 Å². The van der Waals surface area contributed by atoms with E-state index in [0.717, 1.165) is 12.1 Å². The zero-order chi connectivity index (χ0) is 20.4. The predicted molar refractivity (Wildman–Crippen MR) is 99.4 cm³/mol. The molecule has 0 aliphatic carbocycles. The van der Waals surface area contributed by atoms with Crippen LogP contribution in [0.3, 0.4) is 0 Å². The molecule has 0 fully saturated rings. The second-order valence-electron chi connectivity index (χ2n) is 6.43. The van der Waals surface area contributed by atoms with Crippen molar-refractivity contribution >= 4 is 22.8 Å². The Labute approximate surface area is 160 Å². The number of phenols is 1. The number of carbonyl (C=O) groups is 2. The summed E-state index contributed by atoms with van der Waals surface area (Å²) in [5, 5.41) is 10.1. The molecule has 0 spiro atoms. The highest BCUT2D eigenvalue weighted by Gasteiger charge is 2.23. The standard InChI is InChI=1S/C21H19F2NO4/c1-3-7-28-20(26)10-15-12(2)24(18-11-17(23)19(25)9-16(15)18)21(27)13-5-4-6-14(22)8-13/h4-6,8-9,11,25H,3,7,10H2,1-2H3. The van der Waals surface area contributed by atoms with Crippen molar-refractivity contribution in [1.29, 1.82) is 0 Å². The maximum atomic E-state index is 14.0. The van der Waals surface area contributed by atoms with Gasteiger partial charge in [0.2, 0.25) is 0 Å². The fourth-order valence-electron chi connectivity index (χ4n) is 3.14. The molecule has 0 aliphatic heterocycles.